The van der Waals surface area contributed by atoms with Gasteiger partial charge in [0.15, 0.2) is 0 Å². The molecule has 2 fully saturated rings. The summed E-state index contributed by atoms with van der Waals surface area (Å²) in [7, 11) is 0. The van der Waals surface area contributed by atoms with Crippen molar-refractivity contribution in [3.63, 3.8) is 0 Å². The fourth-order valence-electron chi connectivity index (χ4n) is 4.49. The van der Waals surface area contributed by atoms with E-state index >= 15 is 0 Å². The summed E-state index contributed by atoms with van der Waals surface area (Å²) in [6, 6.07) is 10.3. The van der Waals surface area contributed by atoms with Crippen LogP contribution in [0, 0.1) is 5.92 Å². The van der Waals surface area contributed by atoms with Gasteiger partial charge in [0.2, 0.25) is 11.8 Å². The fraction of sp³-hybridized carbons (Fsp3) is 0.542. The third-order valence-corrected chi connectivity index (χ3v) is 7.18. The molecule has 1 aromatic heterocycles. The lowest BCUT2D eigenvalue weighted by Crippen LogP contribution is -2.51. The van der Waals surface area contributed by atoms with Gasteiger partial charge in [-0.1, -0.05) is 43.2 Å². The standard InChI is InChI=1S/C24H32N4O2S/c29-22(17-21-18-31-23(26-21)16-19-6-2-1-3-7-19)25-10-11-27-12-14-28(15-13-27)24(30)20-8-4-5-9-20/h1-3,6-7,18,20H,4-5,8-17H2,(H,25,29). The zero-order chi connectivity index (χ0) is 21.5. The summed E-state index contributed by atoms with van der Waals surface area (Å²) in [5, 5.41) is 6.04. The Morgan fingerprint density at radius 3 is 2.55 bits per heavy atom. The Labute approximate surface area is 188 Å². The molecule has 1 aliphatic heterocycles. The minimum Gasteiger partial charge on any atom is -0.354 e. The van der Waals surface area contributed by atoms with E-state index in [0.29, 0.717) is 18.9 Å². The minimum atomic E-state index is 0.0200. The lowest BCUT2D eigenvalue weighted by atomic mass is 10.1. The number of thiazole rings is 1. The van der Waals surface area contributed by atoms with E-state index in [9.17, 15) is 9.59 Å². The molecule has 2 heterocycles. The predicted octanol–water partition coefficient (Wildman–Crippen LogP) is 2.73. The molecule has 4 rings (SSSR count). The first-order valence-electron chi connectivity index (χ1n) is 11.4. The molecule has 0 radical (unpaired) electrons. The van der Waals surface area contributed by atoms with Crippen LogP contribution in [0.2, 0.25) is 0 Å². The van der Waals surface area contributed by atoms with Gasteiger partial charge in [-0.3, -0.25) is 14.5 Å². The lowest BCUT2D eigenvalue weighted by Gasteiger charge is -2.36. The molecule has 7 heteroatoms. The van der Waals surface area contributed by atoms with Crippen molar-refractivity contribution in [1.29, 1.82) is 0 Å². The maximum Gasteiger partial charge on any atom is 0.226 e. The predicted molar refractivity (Wildman–Crippen MR) is 123 cm³/mol. The summed E-state index contributed by atoms with van der Waals surface area (Å²) in [5.74, 6) is 0.650. The second-order valence-electron chi connectivity index (χ2n) is 8.57. The van der Waals surface area contributed by atoms with E-state index < -0.39 is 0 Å². The van der Waals surface area contributed by atoms with Crippen molar-refractivity contribution < 1.29 is 9.59 Å². The Morgan fingerprint density at radius 2 is 1.81 bits per heavy atom. The van der Waals surface area contributed by atoms with Gasteiger partial charge >= 0.3 is 0 Å². The molecule has 166 valence electrons. The van der Waals surface area contributed by atoms with Gasteiger partial charge in [0.05, 0.1) is 17.1 Å². The normalized spacial score (nSPS) is 17.7. The number of rotatable bonds is 8. The highest BCUT2D eigenvalue weighted by atomic mass is 32.1. The fourth-order valence-corrected chi connectivity index (χ4v) is 5.31. The van der Waals surface area contributed by atoms with E-state index in [4.69, 9.17) is 0 Å². The summed E-state index contributed by atoms with van der Waals surface area (Å²) < 4.78 is 0. The van der Waals surface area contributed by atoms with Crippen LogP contribution in [0.5, 0.6) is 0 Å². The Hall–Kier alpha value is -2.25. The monoisotopic (exact) mass is 440 g/mol. The summed E-state index contributed by atoms with van der Waals surface area (Å²) in [6.45, 7) is 4.87. The summed E-state index contributed by atoms with van der Waals surface area (Å²) in [4.78, 5) is 33.8. The van der Waals surface area contributed by atoms with Crippen molar-refractivity contribution >= 4 is 23.2 Å². The number of hydrogen-bond acceptors (Lipinski definition) is 5. The van der Waals surface area contributed by atoms with E-state index in [0.717, 1.165) is 62.7 Å². The van der Waals surface area contributed by atoms with E-state index in [1.807, 2.05) is 28.5 Å². The van der Waals surface area contributed by atoms with Crippen molar-refractivity contribution in [2.75, 3.05) is 39.3 Å². The van der Waals surface area contributed by atoms with Crippen LogP contribution in [0.15, 0.2) is 35.7 Å². The molecule has 2 amide bonds. The second kappa shape index (κ2) is 10.9. The second-order valence-corrected chi connectivity index (χ2v) is 9.51. The Morgan fingerprint density at radius 1 is 1.06 bits per heavy atom. The van der Waals surface area contributed by atoms with Crippen LogP contribution in [0.4, 0.5) is 0 Å². The van der Waals surface area contributed by atoms with Gasteiger partial charge < -0.3 is 10.2 Å². The quantitative estimate of drug-likeness (QED) is 0.686. The first-order valence-corrected chi connectivity index (χ1v) is 12.3. The van der Waals surface area contributed by atoms with Crippen LogP contribution in [0.1, 0.15) is 41.9 Å². The molecule has 0 atom stereocenters. The summed E-state index contributed by atoms with van der Waals surface area (Å²) in [6.07, 6.45) is 5.67. The highest BCUT2D eigenvalue weighted by Gasteiger charge is 2.29. The molecule has 1 saturated heterocycles. The van der Waals surface area contributed by atoms with Crippen LogP contribution in [0.25, 0.3) is 0 Å². The molecular formula is C24H32N4O2S. The van der Waals surface area contributed by atoms with E-state index in [1.54, 1.807) is 11.3 Å². The molecular weight excluding hydrogens is 408 g/mol. The molecule has 1 aromatic carbocycles. The van der Waals surface area contributed by atoms with Crippen molar-refractivity contribution in [3.05, 3.63) is 52.0 Å². The first kappa shape index (κ1) is 22.0. The smallest absolute Gasteiger partial charge is 0.226 e. The van der Waals surface area contributed by atoms with Crippen molar-refractivity contribution in [2.24, 2.45) is 5.92 Å². The number of amides is 2. The molecule has 2 aromatic rings. The van der Waals surface area contributed by atoms with Crippen molar-refractivity contribution in [1.82, 2.24) is 20.1 Å². The molecule has 6 nitrogen and oxygen atoms in total. The van der Waals surface area contributed by atoms with Crippen LogP contribution >= 0.6 is 11.3 Å². The van der Waals surface area contributed by atoms with Gasteiger partial charge in [-0.05, 0) is 18.4 Å². The molecule has 31 heavy (non-hydrogen) atoms. The Balaban J connectivity index is 1.12. The van der Waals surface area contributed by atoms with E-state index in [2.05, 4.69) is 27.3 Å². The maximum atomic E-state index is 12.5. The molecule has 2 aliphatic rings. The van der Waals surface area contributed by atoms with Crippen molar-refractivity contribution in [2.45, 2.75) is 38.5 Å². The number of carbonyl (C=O) groups excluding carboxylic acids is 2. The number of benzene rings is 1. The van der Waals surface area contributed by atoms with Crippen LogP contribution in [-0.4, -0.2) is 65.9 Å². The molecule has 1 saturated carbocycles. The molecule has 0 bridgehead atoms. The van der Waals surface area contributed by atoms with Crippen LogP contribution in [0.3, 0.4) is 0 Å². The average Bonchev–Trinajstić information content (AvgIpc) is 3.47. The zero-order valence-corrected chi connectivity index (χ0v) is 18.9. The van der Waals surface area contributed by atoms with Crippen LogP contribution < -0.4 is 5.32 Å². The maximum absolute atomic E-state index is 12.5. The average molecular weight is 441 g/mol. The molecule has 0 spiro atoms. The van der Waals surface area contributed by atoms with Crippen molar-refractivity contribution in [3.8, 4) is 0 Å². The van der Waals surface area contributed by atoms with E-state index in [-0.39, 0.29) is 11.8 Å². The zero-order valence-electron chi connectivity index (χ0n) is 18.1. The van der Waals surface area contributed by atoms with Gasteiger partial charge in [-0.15, -0.1) is 11.3 Å². The largest absolute Gasteiger partial charge is 0.354 e. The highest BCUT2D eigenvalue weighted by Crippen LogP contribution is 2.26. The number of hydrogen-bond donors (Lipinski definition) is 1. The number of nitrogens with one attached hydrogen (secondary N) is 1. The number of nitrogens with zero attached hydrogens (tertiary/aromatic N) is 3. The highest BCUT2D eigenvalue weighted by molar-refractivity contribution is 7.09. The Kier molecular flexibility index (Phi) is 7.70. The third-order valence-electron chi connectivity index (χ3n) is 6.28. The summed E-state index contributed by atoms with van der Waals surface area (Å²) in [5.41, 5.74) is 2.07. The van der Waals surface area contributed by atoms with Gasteiger partial charge in [0.1, 0.15) is 0 Å². The topological polar surface area (TPSA) is 65.5 Å². The molecule has 1 aliphatic carbocycles. The van der Waals surface area contributed by atoms with Gasteiger partial charge in [-0.25, -0.2) is 4.98 Å². The SMILES string of the molecule is O=C(Cc1csc(Cc2ccccc2)n1)NCCN1CCN(C(=O)C2CCCC2)CC1. The Bertz CT molecular complexity index is 855. The molecule has 0 unspecified atom stereocenters. The van der Waals surface area contributed by atoms with E-state index in [1.165, 1.54) is 18.4 Å². The third kappa shape index (κ3) is 6.37. The van der Waals surface area contributed by atoms with Gasteiger partial charge in [0.25, 0.3) is 0 Å². The van der Waals surface area contributed by atoms with Crippen LogP contribution in [-0.2, 0) is 22.4 Å². The summed E-state index contributed by atoms with van der Waals surface area (Å²) >= 11 is 1.61. The number of piperazine rings is 1. The number of aromatic nitrogens is 1. The number of carbonyl (C=O) groups is 2. The minimum absolute atomic E-state index is 0.0200. The lowest BCUT2D eigenvalue weighted by molar-refractivity contribution is -0.137. The molecule has 1 N–H and O–H groups in total. The van der Waals surface area contributed by atoms with Gasteiger partial charge in [-0.2, -0.15) is 0 Å². The first-order chi connectivity index (χ1) is 15.2. The van der Waals surface area contributed by atoms with Gasteiger partial charge in [0, 0.05) is 57.0 Å².